The molecule has 0 bridgehead atoms. The van der Waals surface area contributed by atoms with Crippen LogP contribution < -0.4 is 0 Å². The van der Waals surface area contributed by atoms with Gasteiger partial charge in [-0.2, -0.15) is 0 Å². The molecule has 0 aromatic heterocycles. The van der Waals surface area contributed by atoms with E-state index in [9.17, 15) is 4.79 Å². The first-order valence-corrected chi connectivity index (χ1v) is 15.4. The Labute approximate surface area is 233 Å². The number of benzene rings is 2. The first-order valence-electron chi connectivity index (χ1n) is 14.2. The van der Waals surface area contributed by atoms with Gasteiger partial charge >= 0.3 is 5.97 Å². The highest BCUT2D eigenvalue weighted by atomic mass is 79.9. The standard InChI is InChI=1S/C32H47BrO4/c1-3-5-11-27-13-17-29(18-14-27)25-36-32(22-21-31(34)35-24-10-8-7-9-23-33)37-26-30-19-15-28(16-20-30)12-6-4-2/h13-20,32H,3-12,21-26H2,1-2H3. The first-order chi connectivity index (χ1) is 18.1. The van der Waals surface area contributed by atoms with Gasteiger partial charge in [-0.15, -0.1) is 0 Å². The van der Waals surface area contributed by atoms with Gasteiger partial charge in [0, 0.05) is 11.8 Å². The van der Waals surface area contributed by atoms with Gasteiger partial charge in [0.2, 0.25) is 0 Å². The van der Waals surface area contributed by atoms with E-state index in [1.54, 1.807) is 0 Å². The Morgan fingerprint density at radius 3 is 1.68 bits per heavy atom. The maximum atomic E-state index is 12.3. The van der Waals surface area contributed by atoms with Gasteiger partial charge in [-0.05, 0) is 60.8 Å². The first kappa shape index (κ1) is 31.5. The molecule has 37 heavy (non-hydrogen) atoms. The third-order valence-electron chi connectivity index (χ3n) is 6.43. The van der Waals surface area contributed by atoms with Crippen LogP contribution in [0, 0.1) is 0 Å². The maximum absolute atomic E-state index is 12.3. The van der Waals surface area contributed by atoms with Gasteiger partial charge in [-0.3, -0.25) is 4.79 Å². The van der Waals surface area contributed by atoms with E-state index in [-0.39, 0.29) is 12.4 Å². The summed E-state index contributed by atoms with van der Waals surface area (Å²) in [4.78, 5) is 12.3. The van der Waals surface area contributed by atoms with E-state index in [0.717, 1.165) is 55.0 Å². The summed E-state index contributed by atoms with van der Waals surface area (Å²) in [5.74, 6) is -0.182. The number of rotatable bonds is 21. The highest BCUT2D eigenvalue weighted by molar-refractivity contribution is 9.09. The molecule has 2 aromatic rings. The molecule has 0 atom stereocenters. The summed E-state index contributed by atoms with van der Waals surface area (Å²) in [6.45, 7) is 5.83. The molecule has 2 rings (SSSR count). The Bertz CT molecular complexity index is 779. The molecule has 4 nitrogen and oxygen atoms in total. The number of ether oxygens (including phenoxy) is 3. The van der Waals surface area contributed by atoms with Crippen molar-refractivity contribution in [3.8, 4) is 0 Å². The average molecular weight is 576 g/mol. The number of alkyl halides is 1. The molecule has 0 fully saturated rings. The Hall–Kier alpha value is -1.69. The lowest BCUT2D eigenvalue weighted by molar-refractivity contribution is -0.167. The van der Waals surface area contributed by atoms with Crippen molar-refractivity contribution in [2.75, 3.05) is 11.9 Å². The van der Waals surface area contributed by atoms with Gasteiger partial charge in [0.1, 0.15) is 0 Å². The monoisotopic (exact) mass is 574 g/mol. The van der Waals surface area contributed by atoms with Crippen LogP contribution in [-0.2, 0) is 45.1 Å². The zero-order valence-electron chi connectivity index (χ0n) is 23.0. The second kappa shape index (κ2) is 20.3. The topological polar surface area (TPSA) is 44.8 Å². The minimum Gasteiger partial charge on any atom is -0.466 e. The van der Waals surface area contributed by atoms with E-state index in [1.807, 2.05) is 0 Å². The van der Waals surface area contributed by atoms with Crippen LogP contribution in [0.2, 0.25) is 0 Å². The van der Waals surface area contributed by atoms with E-state index < -0.39 is 6.29 Å². The fourth-order valence-corrected chi connectivity index (χ4v) is 4.40. The molecule has 0 aliphatic heterocycles. The van der Waals surface area contributed by atoms with Gasteiger partial charge in [-0.25, -0.2) is 0 Å². The van der Waals surface area contributed by atoms with Gasteiger partial charge < -0.3 is 14.2 Å². The van der Waals surface area contributed by atoms with Gasteiger partial charge in [-0.1, -0.05) is 104 Å². The van der Waals surface area contributed by atoms with Crippen LogP contribution in [0.1, 0.15) is 100 Å². The van der Waals surface area contributed by atoms with Crippen molar-refractivity contribution in [3.05, 3.63) is 70.8 Å². The zero-order chi connectivity index (χ0) is 26.6. The second-order valence-corrected chi connectivity index (χ2v) is 10.5. The normalized spacial score (nSPS) is 11.2. The highest BCUT2D eigenvalue weighted by Gasteiger charge is 2.14. The van der Waals surface area contributed by atoms with Crippen LogP contribution in [0.3, 0.4) is 0 Å². The molecule has 0 amide bonds. The van der Waals surface area contributed by atoms with Gasteiger partial charge in [0.15, 0.2) is 6.29 Å². The molecule has 0 spiro atoms. The summed E-state index contributed by atoms with van der Waals surface area (Å²) in [5.41, 5.74) is 4.94. The molecular weight excluding hydrogens is 528 g/mol. The van der Waals surface area contributed by atoms with E-state index in [4.69, 9.17) is 14.2 Å². The van der Waals surface area contributed by atoms with Crippen molar-refractivity contribution in [1.29, 1.82) is 0 Å². The van der Waals surface area contributed by atoms with Gasteiger partial charge in [0.25, 0.3) is 0 Å². The van der Waals surface area contributed by atoms with Crippen LogP contribution >= 0.6 is 15.9 Å². The lowest BCUT2D eigenvalue weighted by Gasteiger charge is -2.19. The number of halogens is 1. The number of hydrogen-bond donors (Lipinski definition) is 0. The summed E-state index contributed by atoms with van der Waals surface area (Å²) < 4.78 is 17.7. The van der Waals surface area contributed by atoms with Crippen LogP contribution in [-0.4, -0.2) is 24.2 Å². The summed E-state index contributed by atoms with van der Waals surface area (Å²) in [5, 5.41) is 1.03. The Balaban J connectivity index is 1.84. The number of aryl methyl sites for hydroxylation is 2. The largest absolute Gasteiger partial charge is 0.466 e. The SMILES string of the molecule is CCCCc1ccc(COC(CCC(=O)OCCCCCCBr)OCc2ccc(CCCC)cc2)cc1. The van der Waals surface area contributed by atoms with Crippen molar-refractivity contribution < 1.29 is 19.0 Å². The van der Waals surface area contributed by atoms with Crippen LogP contribution in [0.25, 0.3) is 0 Å². The van der Waals surface area contributed by atoms with Crippen LogP contribution in [0.4, 0.5) is 0 Å². The molecule has 206 valence electrons. The minimum atomic E-state index is -0.467. The third-order valence-corrected chi connectivity index (χ3v) is 6.99. The molecule has 2 aromatic carbocycles. The minimum absolute atomic E-state index is 0.182. The predicted molar refractivity (Wildman–Crippen MR) is 156 cm³/mol. The number of unbranched alkanes of at least 4 members (excludes halogenated alkanes) is 5. The summed E-state index contributed by atoms with van der Waals surface area (Å²) in [6.07, 6.45) is 11.7. The maximum Gasteiger partial charge on any atom is 0.305 e. The Morgan fingerprint density at radius 1 is 0.703 bits per heavy atom. The van der Waals surface area contributed by atoms with E-state index in [0.29, 0.717) is 26.2 Å². The number of hydrogen-bond acceptors (Lipinski definition) is 4. The number of carbonyl (C=O) groups excluding carboxylic acids is 1. The molecule has 0 radical (unpaired) electrons. The lowest BCUT2D eigenvalue weighted by Crippen LogP contribution is -2.19. The van der Waals surface area contributed by atoms with Crippen molar-refractivity contribution in [2.45, 2.75) is 110 Å². The molecule has 0 aliphatic carbocycles. The predicted octanol–water partition coefficient (Wildman–Crippen LogP) is 8.71. The second-order valence-electron chi connectivity index (χ2n) is 9.75. The smallest absolute Gasteiger partial charge is 0.305 e. The number of esters is 1. The molecule has 5 heteroatoms. The molecule has 0 aliphatic rings. The van der Waals surface area contributed by atoms with Gasteiger partial charge in [0.05, 0.1) is 26.2 Å². The van der Waals surface area contributed by atoms with Crippen molar-refractivity contribution in [2.24, 2.45) is 0 Å². The quantitative estimate of drug-likeness (QED) is 0.0646. The van der Waals surface area contributed by atoms with E-state index >= 15 is 0 Å². The van der Waals surface area contributed by atoms with Crippen molar-refractivity contribution in [1.82, 2.24) is 0 Å². The molecule has 0 heterocycles. The Morgan fingerprint density at radius 2 is 1.19 bits per heavy atom. The third kappa shape index (κ3) is 14.7. The molecule has 0 saturated heterocycles. The molecule has 0 unspecified atom stereocenters. The van der Waals surface area contributed by atoms with E-state index in [2.05, 4.69) is 78.3 Å². The summed E-state index contributed by atoms with van der Waals surface area (Å²) >= 11 is 3.45. The zero-order valence-corrected chi connectivity index (χ0v) is 24.6. The van der Waals surface area contributed by atoms with Crippen LogP contribution in [0.5, 0.6) is 0 Å². The summed E-state index contributed by atoms with van der Waals surface area (Å²) in [7, 11) is 0. The molecular formula is C32H47BrO4. The molecule has 0 saturated carbocycles. The summed E-state index contributed by atoms with van der Waals surface area (Å²) in [6, 6.07) is 17.2. The average Bonchev–Trinajstić information content (AvgIpc) is 2.93. The van der Waals surface area contributed by atoms with Crippen molar-refractivity contribution in [3.63, 3.8) is 0 Å². The van der Waals surface area contributed by atoms with E-state index in [1.165, 1.54) is 36.8 Å². The van der Waals surface area contributed by atoms with Crippen molar-refractivity contribution >= 4 is 21.9 Å². The fraction of sp³-hybridized carbons (Fsp3) is 0.594. The fourth-order valence-electron chi connectivity index (χ4n) is 4.00. The highest BCUT2D eigenvalue weighted by Crippen LogP contribution is 2.16. The Kier molecular flexibility index (Phi) is 17.3. The molecule has 0 N–H and O–H groups in total. The number of carbonyl (C=O) groups is 1. The lowest BCUT2D eigenvalue weighted by atomic mass is 10.1. The van der Waals surface area contributed by atoms with Crippen LogP contribution in [0.15, 0.2) is 48.5 Å².